The predicted octanol–water partition coefficient (Wildman–Crippen LogP) is 2.55. The largest absolute Gasteiger partial charge is 0.357 e. The Morgan fingerprint density at radius 3 is 2.75 bits per heavy atom. The van der Waals surface area contributed by atoms with Crippen molar-refractivity contribution in [2.24, 2.45) is 4.99 Å². The Hall–Kier alpha value is -1.12. The van der Waals surface area contributed by atoms with Crippen LogP contribution in [0.25, 0.3) is 0 Å². The van der Waals surface area contributed by atoms with E-state index in [9.17, 15) is 8.42 Å². The smallest absolute Gasteiger partial charge is 0.250 e. The Bertz CT molecular complexity index is 571. The molecule has 1 atom stereocenters. The Balaban J connectivity index is 2.42. The molecule has 0 bridgehead atoms. The minimum absolute atomic E-state index is 0.279. The van der Waals surface area contributed by atoms with E-state index >= 15 is 0 Å². The maximum absolute atomic E-state index is 12.0. The van der Waals surface area contributed by atoms with Gasteiger partial charge in [0.25, 0.3) is 0 Å². The van der Waals surface area contributed by atoms with E-state index in [1.54, 1.807) is 17.5 Å². The van der Waals surface area contributed by atoms with Gasteiger partial charge in [-0.05, 0) is 31.7 Å². The average molecular weight is 375 g/mol. The van der Waals surface area contributed by atoms with Crippen molar-refractivity contribution in [3.8, 4) is 0 Å². The van der Waals surface area contributed by atoms with Crippen LogP contribution in [0.2, 0.25) is 0 Å². The summed E-state index contributed by atoms with van der Waals surface area (Å²) < 4.78 is 26.9. The lowest BCUT2D eigenvalue weighted by molar-refractivity contribution is 0.546. The number of unbranched alkanes of at least 4 members (excludes halogenated alkanes) is 2. The van der Waals surface area contributed by atoms with Gasteiger partial charge in [-0.3, -0.25) is 4.99 Å². The van der Waals surface area contributed by atoms with Crippen molar-refractivity contribution >= 4 is 27.3 Å². The Morgan fingerprint density at radius 1 is 1.33 bits per heavy atom. The van der Waals surface area contributed by atoms with Crippen molar-refractivity contribution in [2.75, 3.05) is 19.6 Å². The van der Waals surface area contributed by atoms with Crippen molar-refractivity contribution in [1.29, 1.82) is 0 Å². The fourth-order valence-corrected chi connectivity index (χ4v) is 4.22. The molecular weight excluding hydrogens is 344 g/mol. The quantitative estimate of drug-likeness (QED) is 0.316. The van der Waals surface area contributed by atoms with E-state index in [4.69, 9.17) is 0 Å². The molecule has 0 saturated carbocycles. The van der Waals surface area contributed by atoms with Crippen LogP contribution >= 0.6 is 11.3 Å². The molecule has 1 rings (SSSR count). The number of nitrogens with one attached hydrogen (secondary N) is 3. The summed E-state index contributed by atoms with van der Waals surface area (Å²) in [6.07, 6.45) is 4.75. The van der Waals surface area contributed by atoms with Gasteiger partial charge in [-0.15, -0.1) is 11.3 Å². The summed E-state index contributed by atoms with van der Waals surface area (Å²) in [7, 11) is -3.41. The highest BCUT2D eigenvalue weighted by atomic mass is 32.2. The summed E-state index contributed by atoms with van der Waals surface area (Å²) in [6, 6.07) is 3.67. The average Bonchev–Trinajstić information content (AvgIpc) is 3.07. The SMILES string of the molecule is CCCCCC(C)NC(=NCCNS(=O)(=O)c1cccs1)NCC. The van der Waals surface area contributed by atoms with Gasteiger partial charge in [-0.2, -0.15) is 0 Å². The van der Waals surface area contributed by atoms with E-state index in [1.165, 1.54) is 30.6 Å². The van der Waals surface area contributed by atoms with E-state index in [-0.39, 0.29) is 6.54 Å². The molecule has 6 nitrogen and oxygen atoms in total. The molecule has 0 aliphatic rings. The first-order valence-corrected chi connectivity index (χ1v) is 10.9. The zero-order valence-electron chi connectivity index (χ0n) is 14.8. The molecule has 0 saturated heterocycles. The van der Waals surface area contributed by atoms with Crippen LogP contribution in [0.1, 0.15) is 46.5 Å². The summed E-state index contributed by atoms with van der Waals surface area (Å²) in [6.45, 7) is 7.79. The molecule has 0 amide bonds. The van der Waals surface area contributed by atoms with E-state index in [1.807, 2.05) is 6.92 Å². The van der Waals surface area contributed by atoms with Gasteiger partial charge < -0.3 is 10.6 Å². The van der Waals surface area contributed by atoms with Crippen LogP contribution in [0.15, 0.2) is 26.7 Å². The second-order valence-corrected chi connectivity index (χ2v) is 8.57. The first kappa shape index (κ1) is 20.9. The van der Waals surface area contributed by atoms with Crippen molar-refractivity contribution in [2.45, 2.75) is 56.7 Å². The van der Waals surface area contributed by atoms with Gasteiger partial charge in [0.05, 0.1) is 6.54 Å². The molecular formula is C16H30N4O2S2. The van der Waals surface area contributed by atoms with Gasteiger partial charge in [-0.25, -0.2) is 13.1 Å². The molecule has 0 spiro atoms. The number of rotatable bonds is 11. The fraction of sp³-hybridized carbons (Fsp3) is 0.688. The summed E-state index contributed by atoms with van der Waals surface area (Å²) in [5.41, 5.74) is 0. The highest BCUT2D eigenvalue weighted by Crippen LogP contribution is 2.14. The maximum Gasteiger partial charge on any atom is 0.250 e. The number of sulfonamides is 1. The monoisotopic (exact) mass is 374 g/mol. The normalized spacial score (nSPS) is 13.7. The number of nitrogens with zero attached hydrogens (tertiary/aromatic N) is 1. The Morgan fingerprint density at radius 2 is 2.12 bits per heavy atom. The second-order valence-electron chi connectivity index (χ2n) is 5.63. The number of thiophene rings is 1. The van der Waals surface area contributed by atoms with Gasteiger partial charge >= 0.3 is 0 Å². The van der Waals surface area contributed by atoms with Crippen LogP contribution in [0.5, 0.6) is 0 Å². The maximum atomic E-state index is 12.0. The lowest BCUT2D eigenvalue weighted by atomic mass is 10.1. The van der Waals surface area contributed by atoms with Crippen molar-refractivity contribution in [3.63, 3.8) is 0 Å². The highest BCUT2D eigenvalue weighted by Gasteiger charge is 2.13. The highest BCUT2D eigenvalue weighted by molar-refractivity contribution is 7.91. The molecule has 0 aliphatic carbocycles. The summed E-state index contributed by atoms with van der Waals surface area (Å²) >= 11 is 1.21. The minimum Gasteiger partial charge on any atom is -0.357 e. The molecule has 0 fully saturated rings. The standard InChI is InChI=1S/C16H30N4O2S2/c1-4-6-7-9-14(3)20-16(17-5-2)18-11-12-19-24(21,22)15-10-8-13-23-15/h8,10,13-14,19H,4-7,9,11-12H2,1-3H3,(H2,17,18,20). The van der Waals surface area contributed by atoms with Crippen molar-refractivity contribution in [1.82, 2.24) is 15.4 Å². The van der Waals surface area contributed by atoms with Crippen molar-refractivity contribution < 1.29 is 8.42 Å². The first-order chi connectivity index (χ1) is 11.5. The molecule has 8 heteroatoms. The third-order valence-corrected chi connectivity index (χ3v) is 6.26. The lowest BCUT2D eigenvalue weighted by Gasteiger charge is -2.17. The molecule has 0 aromatic carbocycles. The van der Waals surface area contributed by atoms with E-state index in [0.717, 1.165) is 18.9 Å². The van der Waals surface area contributed by atoms with Gasteiger partial charge in [0.2, 0.25) is 10.0 Å². The third kappa shape index (κ3) is 8.12. The van der Waals surface area contributed by atoms with Crippen LogP contribution < -0.4 is 15.4 Å². The molecule has 138 valence electrons. The van der Waals surface area contributed by atoms with Crippen LogP contribution in [-0.4, -0.2) is 40.1 Å². The molecule has 0 aliphatic heterocycles. The Kier molecular flexibility index (Phi) is 9.97. The lowest BCUT2D eigenvalue weighted by Crippen LogP contribution is -2.42. The summed E-state index contributed by atoms with van der Waals surface area (Å²) in [5.74, 6) is 0.733. The van der Waals surface area contributed by atoms with Gasteiger partial charge in [0, 0.05) is 19.1 Å². The molecule has 1 aromatic rings. The number of hydrogen-bond donors (Lipinski definition) is 3. The zero-order valence-corrected chi connectivity index (χ0v) is 16.5. The van der Waals surface area contributed by atoms with E-state index in [2.05, 4.69) is 34.2 Å². The van der Waals surface area contributed by atoms with Gasteiger partial charge in [-0.1, -0.05) is 32.3 Å². The molecule has 24 heavy (non-hydrogen) atoms. The molecule has 1 aromatic heterocycles. The number of hydrogen-bond acceptors (Lipinski definition) is 4. The van der Waals surface area contributed by atoms with Gasteiger partial charge in [0.1, 0.15) is 4.21 Å². The van der Waals surface area contributed by atoms with E-state index < -0.39 is 10.0 Å². The Labute approximate surface area is 150 Å². The first-order valence-electron chi connectivity index (χ1n) is 8.57. The molecule has 1 heterocycles. The molecule has 0 radical (unpaired) electrons. The number of aliphatic imine (C=N–C) groups is 1. The van der Waals surface area contributed by atoms with Gasteiger partial charge in [0.15, 0.2) is 5.96 Å². The fourth-order valence-electron chi connectivity index (χ4n) is 2.16. The molecule has 1 unspecified atom stereocenters. The second kappa shape index (κ2) is 11.4. The van der Waals surface area contributed by atoms with Crippen LogP contribution in [0.4, 0.5) is 0 Å². The van der Waals surface area contributed by atoms with E-state index in [0.29, 0.717) is 16.8 Å². The zero-order chi connectivity index (χ0) is 17.8. The van der Waals surface area contributed by atoms with Crippen LogP contribution in [0, 0.1) is 0 Å². The predicted molar refractivity (Wildman–Crippen MR) is 102 cm³/mol. The topological polar surface area (TPSA) is 82.6 Å². The minimum atomic E-state index is -3.41. The van der Waals surface area contributed by atoms with Crippen LogP contribution in [-0.2, 0) is 10.0 Å². The molecule has 3 N–H and O–H groups in total. The summed E-state index contributed by atoms with van der Waals surface area (Å²) in [5, 5.41) is 8.31. The third-order valence-electron chi connectivity index (χ3n) is 3.40. The van der Waals surface area contributed by atoms with Crippen LogP contribution in [0.3, 0.4) is 0 Å². The summed E-state index contributed by atoms with van der Waals surface area (Å²) in [4.78, 5) is 4.44. The van der Waals surface area contributed by atoms with Crippen molar-refractivity contribution in [3.05, 3.63) is 17.5 Å². The number of guanidine groups is 1.